The summed E-state index contributed by atoms with van der Waals surface area (Å²) >= 11 is 0. The van der Waals surface area contributed by atoms with E-state index < -0.39 is 0 Å². The van der Waals surface area contributed by atoms with Crippen LogP contribution in [0.2, 0.25) is 0 Å². The summed E-state index contributed by atoms with van der Waals surface area (Å²) < 4.78 is 6.83. The number of amides is 1. The molecule has 33 heavy (non-hydrogen) atoms. The topological polar surface area (TPSA) is 97.7 Å². The molecule has 0 aliphatic carbocycles. The molecule has 3 heterocycles. The third-order valence-electron chi connectivity index (χ3n) is 5.64. The second-order valence-corrected chi connectivity index (χ2v) is 7.57. The number of ether oxygens (including phenoxy) is 1. The number of pyridine rings is 1. The van der Waals surface area contributed by atoms with Crippen molar-refractivity contribution in [2.75, 3.05) is 13.7 Å². The fraction of sp³-hybridized carbons (Fsp3) is 0.120. The number of rotatable bonds is 7. The molecule has 0 spiro atoms. The summed E-state index contributed by atoms with van der Waals surface area (Å²) in [5.41, 5.74) is 3.76. The number of methoxy groups -OCH3 is 1. The van der Waals surface area contributed by atoms with Crippen LogP contribution in [0, 0.1) is 0 Å². The highest BCUT2D eigenvalue weighted by atomic mass is 16.5. The number of nitrogens with zero attached hydrogens (tertiary/aromatic N) is 4. The van der Waals surface area contributed by atoms with Crippen molar-refractivity contribution < 1.29 is 9.53 Å². The minimum absolute atomic E-state index is 0.0485. The molecule has 0 bridgehead atoms. The van der Waals surface area contributed by atoms with E-state index in [-0.39, 0.29) is 11.8 Å². The normalized spacial score (nSPS) is 11.9. The van der Waals surface area contributed by atoms with Gasteiger partial charge in [0.05, 0.1) is 7.11 Å². The summed E-state index contributed by atoms with van der Waals surface area (Å²) in [6.07, 6.45) is 6.57. The van der Waals surface area contributed by atoms with E-state index in [1.54, 1.807) is 31.8 Å². The van der Waals surface area contributed by atoms with E-state index in [4.69, 9.17) is 4.74 Å². The molecule has 1 amide bonds. The monoisotopic (exact) mass is 438 g/mol. The molecule has 5 rings (SSSR count). The third-order valence-corrected chi connectivity index (χ3v) is 5.64. The van der Waals surface area contributed by atoms with Crippen molar-refractivity contribution in [3.05, 3.63) is 102 Å². The molecule has 0 aliphatic rings. The van der Waals surface area contributed by atoms with Crippen LogP contribution in [0.15, 0.2) is 85.7 Å². The van der Waals surface area contributed by atoms with Crippen molar-refractivity contribution in [3.63, 3.8) is 0 Å². The zero-order valence-electron chi connectivity index (χ0n) is 18.0. The minimum Gasteiger partial charge on any atom is -0.497 e. The number of fused-ring (bicyclic) bond motifs is 1. The maximum absolute atomic E-state index is 13.0. The van der Waals surface area contributed by atoms with Crippen LogP contribution in [0.4, 0.5) is 0 Å². The van der Waals surface area contributed by atoms with E-state index in [1.807, 2.05) is 48.7 Å². The molecule has 0 saturated carbocycles. The Morgan fingerprint density at radius 3 is 2.79 bits per heavy atom. The molecule has 164 valence electrons. The van der Waals surface area contributed by atoms with Gasteiger partial charge in [-0.1, -0.05) is 30.3 Å². The van der Waals surface area contributed by atoms with Crippen molar-refractivity contribution in [1.29, 1.82) is 0 Å². The standard InChI is InChI=1S/C25H22N6O2/c1-33-19-8-6-17(7-9-19)21(22-14-28-23-5-3-2-4-20(22)23)13-29-25(32)18-10-11-27-24(12-18)31-16-26-15-30-31/h2-12,14-16,21,28H,13H2,1H3,(H,29,32). The highest BCUT2D eigenvalue weighted by Gasteiger charge is 2.20. The van der Waals surface area contributed by atoms with Gasteiger partial charge in [0.25, 0.3) is 5.91 Å². The lowest BCUT2D eigenvalue weighted by Crippen LogP contribution is -2.29. The Kier molecular flexibility index (Phi) is 5.55. The number of hydrogen-bond donors (Lipinski definition) is 2. The van der Waals surface area contributed by atoms with Crippen LogP contribution < -0.4 is 10.1 Å². The van der Waals surface area contributed by atoms with Crippen molar-refractivity contribution in [2.24, 2.45) is 0 Å². The molecule has 8 nitrogen and oxygen atoms in total. The van der Waals surface area contributed by atoms with E-state index in [0.717, 1.165) is 27.8 Å². The molecular weight excluding hydrogens is 416 g/mol. The Labute approximate surface area is 190 Å². The Morgan fingerprint density at radius 1 is 1.15 bits per heavy atom. The highest BCUT2D eigenvalue weighted by molar-refractivity contribution is 5.94. The van der Waals surface area contributed by atoms with Crippen LogP contribution in [0.3, 0.4) is 0 Å². The average Bonchev–Trinajstić information content (AvgIpc) is 3.55. The Balaban J connectivity index is 1.43. The smallest absolute Gasteiger partial charge is 0.251 e. The lowest BCUT2D eigenvalue weighted by molar-refractivity contribution is 0.0952. The predicted octanol–water partition coefficient (Wildman–Crippen LogP) is 3.71. The molecule has 0 saturated heterocycles. The van der Waals surface area contributed by atoms with Gasteiger partial charge in [-0.3, -0.25) is 4.79 Å². The van der Waals surface area contributed by atoms with Crippen LogP contribution in [0.5, 0.6) is 5.75 Å². The van der Waals surface area contributed by atoms with Gasteiger partial charge in [0, 0.05) is 41.3 Å². The van der Waals surface area contributed by atoms with Gasteiger partial charge < -0.3 is 15.0 Å². The first-order chi connectivity index (χ1) is 16.2. The van der Waals surface area contributed by atoms with E-state index in [0.29, 0.717) is 17.9 Å². The molecule has 0 fully saturated rings. The van der Waals surface area contributed by atoms with Gasteiger partial charge in [-0.05, 0) is 41.5 Å². The lowest BCUT2D eigenvalue weighted by atomic mass is 9.90. The van der Waals surface area contributed by atoms with Gasteiger partial charge in [-0.15, -0.1) is 0 Å². The van der Waals surface area contributed by atoms with E-state index in [2.05, 4.69) is 31.4 Å². The molecule has 0 radical (unpaired) electrons. The first kappa shape index (κ1) is 20.4. The van der Waals surface area contributed by atoms with Crippen molar-refractivity contribution in [1.82, 2.24) is 30.0 Å². The van der Waals surface area contributed by atoms with Gasteiger partial charge in [0.15, 0.2) is 5.82 Å². The lowest BCUT2D eigenvalue weighted by Gasteiger charge is -2.19. The third kappa shape index (κ3) is 4.18. The van der Waals surface area contributed by atoms with Crippen LogP contribution >= 0.6 is 0 Å². The second kappa shape index (κ2) is 8.96. The SMILES string of the molecule is COc1ccc(C(CNC(=O)c2ccnc(-n3cncn3)c2)c2c[nH]c3ccccc23)cc1. The van der Waals surface area contributed by atoms with E-state index in [9.17, 15) is 4.79 Å². The first-order valence-electron chi connectivity index (χ1n) is 10.5. The molecule has 2 aromatic carbocycles. The average molecular weight is 438 g/mol. The minimum atomic E-state index is -0.183. The van der Waals surface area contributed by atoms with Crippen molar-refractivity contribution in [2.45, 2.75) is 5.92 Å². The summed E-state index contributed by atoms with van der Waals surface area (Å²) in [5, 5.41) is 8.30. The summed E-state index contributed by atoms with van der Waals surface area (Å²) in [6, 6.07) is 19.5. The van der Waals surface area contributed by atoms with Crippen LogP contribution in [-0.4, -0.2) is 44.3 Å². The quantitative estimate of drug-likeness (QED) is 0.404. The fourth-order valence-electron chi connectivity index (χ4n) is 3.93. The van der Waals surface area contributed by atoms with Crippen LogP contribution in [0.1, 0.15) is 27.4 Å². The molecule has 1 unspecified atom stereocenters. The number of benzene rings is 2. The van der Waals surface area contributed by atoms with Gasteiger partial charge in [0.1, 0.15) is 18.4 Å². The molecule has 0 aliphatic heterocycles. The number of carbonyl (C=O) groups is 1. The number of aromatic amines is 1. The summed E-state index contributed by atoms with van der Waals surface area (Å²) in [6.45, 7) is 0.425. The summed E-state index contributed by atoms with van der Waals surface area (Å²) in [5.74, 6) is 1.09. The Bertz CT molecular complexity index is 1380. The number of carbonyl (C=O) groups excluding carboxylic acids is 1. The van der Waals surface area contributed by atoms with E-state index >= 15 is 0 Å². The van der Waals surface area contributed by atoms with Crippen LogP contribution in [0.25, 0.3) is 16.7 Å². The van der Waals surface area contributed by atoms with Gasteiger partial charge in [-0.25, -0.2) is 14.6 Å². The van der Waals surface area contributed by atoms with Gasteiger partial charge >= 0.3 is 0 Å². The maximum Gasteiger partial charge on any atom is 0.251 e. The zero-order valence-corrected chi connectivity index (χ0v) is 18.0. The number of hydrogen-bond acceptors (Lipinski definition) is 5. The summed E-state index contributed by atoms with van der Waals surface area (Å²) in [4.78, 5) is 24.6. The Hall–Kier alpha value is -4.46. The van der Waals surface area contributed by atoms with Gasteiger partial charge in [-0.2, -0.15) is 5.10 Å². The maximum atomic E-state index is 13.0. The number of H-pyrrole nitrogens is 1. The summed E-state index contributed by atoms with van der Waals surface area (Å²) in [7, 11) is 1.65. The molecule has 3 aromatic heterocycles. The highest BCUT2D eigenvalue weighted by Crippen LogP contribution is 2.31. The van der Waals surface area contributed by atoms with Gasteiger partial charge in [0.2, 0.25) is 0 Å². The van der Waals surface area contributed by atoms with E-state index in [1.165, 1.54) is 11.0 Å². The number of para-hydroxylation sites is 1. The predicted molar refractivity (Wildman–Crippen MR) is 125 cm³/mol. The molecule has 1 atom stereocenters. The van der Waals surface area contributed by atoms with Crippen LogP contribution in [-0.2, 0) is 0 Å². The van der Waals surface area contributed by atoms with Crippen molar-refractivity contribution in [3.8, 4) is 11.6 Å². The molecular formula is C25H22N6O2. The molecule has 5 aromatic rings. The number of nitrogens with one attached hydrogen (secondary N) is 2. The van der Waals surface area contributed by atoms with Crippen molar-refractivity contribution >= 4 is 16.8 Å². The molecule has 8 heteroatoms. The zero-order chi connectivity index (χ0) is 22.6. The first-order valence-corrected chi connectivity index (χ1v) is 10.5. The fourth-order valence-corrected chi connectivity index (χ4v) is 3.93. The second-order valence-electron chi connectivity index (χ2n) is 7.57. The molecule has 2 N–H and O–H groups in total. The largest absolute Gasteiger partial charge is 0.497 e. The number of aromatic nitrogens is 5. The Morgan fingerprint density at radius 2 is 2.00 bits per heavy atom.